The number of esters is 1. The van der Waals surface area contributed by atoms with Crippen LogP contribution in [0.15, 0.2) is 42.5 Å². The van der Waals surface area contributed by atoms with E-state index in [1.165, 1.54) is 16.8 Å². The van der Waals surface area contributed by atoms with Crippen LogP contribution in [-0.2, 0) is 15.9 Å². The second kappa shape index (κ2) is 10.2. The number of rotatable bonds is 7. The molecule has 2 aliphatic rings. The van der Waals surface area contributed by atoms with Crippen molar-refractivity contribution >= 4 is 11.7 Å². The highest BCUT2D eigenvalue weighted by Gasteiger charge is 2.24. The Kier molecular flexibility index (Phi) is 7.10. The van der Waals surface area contributed by atoms with E-state index in [0.717, 1.165) is 51.3 Å². The number of anilines is 1. The lowest BCUT2D eigenvalue weighted by Crippen LogP contribution is -2.46. The van der Waals surface area contributed by atoms with Gasteiger partial charge in [-0.05, 0) is 67.3 Å². The summed E-state index contributed by atoms with van der Waals surface area (Å²) in [7, 11) is 1.70. The van der Waals surface area contributed by atoms with Crippen LogP contribution in [0, 0.1) is 0 Å². The predicted molar refractivity (Wildman–Crippen MR) is 121 cm³/mol. The largest absolute Gasteiger partial charge is 0.497 e. The molecule has 0 bridgehead atoms. The van der Waals surface area contributed by atoms with Crippen molar-refractivity contribution in [3.8, 4) is 5.75 Å². The lowest BCUT2D eigenvalue weighted by molar-refractivity contribution is 0.0287. The van der Waals surface area contributed by atoms with Crippen molar-refractivity contribution in [1.29, 1.82) is 0 Å². The summed E-state index contributed by atoms with van der Waals surface area (Å²) in [5.41, 5.74) is 4.32. The first-order chi connectivity index (χ1) is 15.2. The fourth-order valence-electron chi connectivity index (χ4n) is 4.44. The molecular weight excluding hydrogens is 392 g/mol. The van der Waals surface area contributed by atoms with Gasteiger partial charge in [-0.2, -0.15) is 0 Å². The van der Waals surface area contributed by atoms with Gasteiger partial charge in [0.2, 0.25) is 0 Å². The van der Waals surface area contributed by atoms with Crippen molar-refractivity contribution in [2.75, 3.05) is 57.9 Å². The maximum absolute atomic E-state index is 12.0. The van der Waals surface area contributed by atoms with Gasteiger partial charge in [0.25, 0.3) is 0 Å². The van der Waals surface area contributed by atoms with Crippen molar-refractivity contribution in [3.05, 3.63) is 59.2 Å². The molecule has 166 valence electrons. The van der Waals surface area contributed by atoms with E-state index in [1.54, 1.807) is 7.11 Å². The van der Waals surface area contributed by atoms with Gasteiger partial charge < -0.3 is 19.1 Å². The van der Waals surface area contributed by atoms with E-state index in [1.807, 2.05) is 37.3 Å². The molecule has 0 aromatic heterocycles. The van der Waals surface area contributed by atoms with Gasteiger partial charge in [0.15, 0.2) is 0 Å². The standard InChI is InChI=1S/C25H32N2O4/c1-3-30-25(28)20-4-9-23-19(18-20)11-17-31-24(23)10-12-26-13-15-27(16-14-26)21-5-7-22(29-2)8-6-21/h4-9,18,24H,3,10-17H2,1-2H3. The van der Waals surface area contributed by atoms with E-state index < -0.39 is 0 Å². The van der Waals surface area contributed by atoms with Crippen LogP contribution in [0.1, 0.15) is 40.9 Å². The molecule has 6 nitrogen and oxygen atoms in total. The number of hydrogen-bond donors (Lipinski definition) is 0. The summed E-state index contributed by atoms with van der Waals surface area (Å²) in [5, 5.41) is 0. The monoisotopic (exact) mass is 424 g/mol. The molecule has 2 aromatic rings. The Balaban J connectivity index is 1.30. The first kappa shape index (κ1) is 21.7. The number of fused-ring (bicyclic) bond motifs is 1. The summed E-state index contributed by atoms with van der Waals surface area (Å²) in [6, 6.07) is 14.2. The predicted octanol–water partition coefficient (Wildman–Crippen LogP) is 3.70. The Hall–Kier alpha value is -2.57. The number of ether oxygens (including phenoxy) is 3. The van der Waals surface area contributed by atoms with E-state index in [2.05, 4.69) is 21.9 Å². The number of piperazine rings is 1. The smallest absolute Gasteiger partial charge is 0.338 e. The van der Waals surface area contributed by atoms with Crippen LogP contribution in [-0.4, -0.2) is 63.9 Å². The third-order valence-electron chi connectivity index (χ3n) is 6.21. The summed E-state index contributed by atoms with van der Waals surface area (Å²) in [6.45, 7) is 8.09. The molecule has 1 fully saturated rings. The van der Waals surface area contributed by atoms with Crippen LogP contribution < -0.4 is 9.64 Å². The van der Waals surface area contributed by atoms with E-state index >= 15 is 0 Å². The molecule has 1 atom stereocenters. The van der Waals surface area contributed by atoms with E-state index in [9.17, 15) is 4.79 Å². The van der Waals surface area contributed by atoms with E-state index in [0.29, 0.717) is 18.8 Å². The molecule has 2 heterocycles. The molecule has 6 heteroatoms. The summed E-state index contributed by atoms with van der Waals surface area (Å²) in [5.74, 6) is 0.646. The molecule has 1 unspecified atom stereocenters. The molecule has 31 heavy (non-hydrogen) atoms. The first-order valence-electron chi connectivity index (χ1n) is 11.2. The number of carbonyl (C=O) groups is 1. The van der Waals surface area contributed by atoms with Crippen LogP contribution in [0.3, 0.4) is 0 Å². The van der Waals surface area contributed by atoms with Crippen molar-refractivity contribution < 1.29 is 19.0 Å². The molecule has 4 rings (SSSR count). The minimum atomic E-state index is -0.247. The van der Waals surface area contributed by atoms with Crippen LogP contribution in [0.25, 0.3) is 0 Å². The SMILES string of the molecule is CCOC(=O)c1ccc2c(c1)CCOC2CCN1CCN(c2ccc(OC)cc2)CC1. The van der Waals surface area contributed by atoms with Gasteiger partial charge in [-0.25, -0.2) is 4.79 Å². The maximum atomic E-state index is 12.0. The molecule has 2 aliphatic heterocycles. The van der Waals surface area contributed by atoms with Gasteiger partial charge in [-0.3, -0.25) is 4.90 Å². The van der Waals surface area contributed by atoms with Gasteiger partial charge in [0.1, 0.15) is 5.75 Å². The average Bonchev–Trinajstić information content (AvgIpc) is 2.83. The molecule has 0 saturated carbocycles. The lowest BCUT2D eigenvalue weighted by Gasteiger charge is -2.37. The van der Waals surface area contributed by atoms with Crippen LogP contribution in [0.2, 0.25) is 0 Å². The highest BCUT2D eigenvalue weighted by Crippen LogP contribution is 2.31. The second-order valence-corrected chi connectivity index (χ2v) is 8.06. The Morgan fingerprint density at radius 3 is 2.58 bits per heavy atom. The van der Waals surface area contributed by atoms with Crippen molar-refractivity contribution in [1.82, 2.24) is 4.90 Å². The minimum absolute atomic E-state index is 0.0969. The Labute approximate surface area is 184 Å². The summed E-state index contributed by atoms with van der Waals surface area (Å²) < 4.78 is 16.5. The van der Waals surface area contributed by atoms with Gasteiger partial charge in [0, 0.05) is 38.4 Å². The quantitative estimate of drug-likeness (QED) is 0.632. The summed E-state index contributed by atoms with van der Waals surface area (Å²) in [4.78, 5) is 17.0. The first-order valence-corrected chi connectivity index (χ1v) is 11.2. The molecule has 0 amide bonds. The van der Waals surface area contributed by atoms with E-state index in [4.69, 9.17) is 14.2 Å². The topological polar surface area (TPSA) is 51.2 Å². The van der Waals surface area contributed by atoms with E-state index in [-0.39, 0.29) is 12.1 Å². The molecule has 2 aromatic carbocycles. The van der Waals surface area contributed by atoms with Gasteiger partial charge in [0.05, 0.1) is 32.0 Å². The third-order valence-corrected chi connectivity index (χ3v) is 6.21. The summed E-state index contributed by atoms with van der Waals surface area (Å²) >= 11 is 0. The zero-order valence-corrected chi connectivity index (χ0v) is 18.5. The fraction of sp³-hybridized carbons (Fsp3) is 0.480. The van der Waals surface area contributed by atoms with Gasteiger partial charge >= 0.3 is 5.97 Å². The maximum Gasteiger partial charge on any atom is 0.338 e. The highest BCUT2D eigenvalue weighted by atomic mass is 16.5. The van der Waals surface area contributed by atoms with Gasteiger partial charge in [-0.1, -0.05) is 6.07 Å². The van der Waals surface area contributed by atoms with Crippen molar-refractivity contribution in [3.63, 3.8) is 0 Å². The molecule has 0 aliphatic carbocycles. The molecule has 0 radical (unpaired) electrons. The summed E-state index contributed by atoms with van der Waals surface area (Å²) in [6.07, 6.45) is 1.91. The molecular formula is C25H32N2O4. The fourth-order valence-corrected chi connectivity index (χ4v) is 4.44. The van der Waals surface area contributed by atoms with Crippen molar-refractivity contribution in [2.24, 2.45) is 0 Å². The Morgan fingerprint density at radius 1 is 1.10 bits per heavy atom. The number of methoxy groups -OCH3 is 1. The van der Waals surface area contributed by atoms with Crippen LogP contribution >= 0.6 is 0 Å². The Bertz CT molecular complexity index is 876. The molecule has 0 spiro atoms. The Morgan fingerprint density at radius 2 is 1.87 bits per heavy atom. The number of benzene rings is 2. The lowest BCUT2D eigenvalue weighted by atomic mass is 9.93. The molecule has 1 saturated heterocycles. The van der Waals surface area contributed by atoms with Crippen molar-refractivity contribution in [2.45, 2.75) is 25.9 Å². The third kappa shape index (κ3) is 5.20. The second-order valence-electron chi connectivity index (χ2n) is 8.06. The molecule has 0 N–H and O–H groups in total. The van der Waals surface area contributed by atoms with Crippen LogP contribution in [0.4, 0.5) is 5.69 Å². The number of nitrogens with zero attached hydrogens (tertiary/aromatic N) is 2. The number of carbonyl (C=O) groups excluding carboxylic acids is 1. The highest BCUT2D eigenvalue weighted by molar-refractivity contribution is 5.89. The average molecular weight is 425 g/mol. The zero-order valence-electron chi connectivity index (χ0n) is 18.5. The number of hydrogen-bond acceptors (Lipinski definition) is 6. The van der Waals surface area contributed by atoms with Crippen LogP contribution in [0.5, 0.6) is 5.75 Å². The normalized spacial score (nSPS) is 19.0. The van der Waals surface area contributed by atoms with Gasteiger partial charge in [-0.15, -0.1) is 0 Å². The zero-order chi connectivity index (χ0) is 21.6. The minimum Gasteiger partial charge on any atom is -0.497 e.